The lowest BCUT2D eigenvalue weighted by Crippen LogP contribution is -2.25. The number of hydrogen-bond acceptors (Lipinski definition) is 2. The van der Waals surface area contributed by atoms with Crippen LogP contribution in [0, 0.1) is 24.1 Å². The average Bonchev–Trinajstić information content (AvgIpc) is 2.40. The van der Waals surface area contributed by atoms with Crippen LogP contribution in [0.3, 0.4) is 0 Å². The van der Waals surface area contributed by atoms with Crippen LogP contribution in [0.4, 0.5) is 4.39 Å². The molecular formula is C15H17FN2O. The van der Waals surface area contributed by atoms with Crippen molar-refractivity contribution >= 4 is 12.0 Å². The predicted octanol–water partition coefficient (Wildman–Crippen LogP) is 2.96. The molecule has 1 aromatic rings. The Morgan fingerprint density at radius 2 is 2.26 bits per heavy atom. The van der Waals surface area contributed by atoms with E-state index in [9.17, 15) is 9.18 Å². The highest BCUT2D eigenvalue weighted by molar-refractivity contribution is 6.01. The number of amides is 1. The quantitative estimate of drug-likeness (QED) is 0.502. The Balaban J connectivity index is 2.84. The molecule has 0 aromatic heterocycles. The van der Waals surface area contributed by atoms with Crippen molar-refractivity contribution in [3.63, 3.8) is 0 Å². The second-order valence-electron chi connectivity index (χ2n) is 4.29. The van der Waals surface area contributed by atoms with Crippen molar-refractivity contribution in [1.29, 1.82) is 5.26 Å². The summed E-state index contributed by atoms with van der Waals surface area (Å²) in [5, 5.41) is 11.7. The summed E-state index contributed by atoms with van der Waals surface area (Å²) < 4.78 is 13.1. The lowest BCUT2D eigenvalue weighted by Gasteiger charge is -2.03. The molecule has 0 unspecified atom stereocenters. The average molecular weight is 260 g/mol. The third-order valence-electron chi connectivity index (χ3n) is 2.67. The summed E-state index contributed by atoms with van der Waals surface area (Å²) in [6, 6.07) is 6.34. The molecule has 1 amide bonds. The van der Waals surface area contributed by atoms with Gasteiger partial charge in [-0.2, -0.15) is 5.26 Å². The van der Waals surface area contributed by atoms with E-state index in [2.05, 4.69) is 5.32 Å². The van der Waals surface area contributed by atoms with Gasteiger partial charge >= 0.3 is 0 Å². The van der Waals surface area contributed by atoms with Crippen molar-refractivity contribution in [3.05, 3.63) is 40.7 Å². The van der Waals surface area contributed by atoms with Crippen LogP contribution < -0.4 is 5.32 Å². The van der Waals surface area contributed by atoms with E-state index in [1.165, 1.54) is 12.1 Å². The summed E-state index contributed by atoms with van der Waals surface area (Å²) in [5.74, 6) is -0.694. The molecule has 1 aromatic carbocycles. The number of nitrogens with one attached hydrogen (secondary N) is 1. The minimum atomic E-state index is -0.391. The molecular weight excluding hydrogens is 243 g/mol. The fourth-order valence-electron chi connectivity index (χ4n) is 1.55. The highest BCUT2D eigenvalue weighted by atomic mass is 19.1. The van der Waals surface area contributed by atoms with Crippen LogP contribution >= 0.6 is 0 Å². The summed E-state index contributed by atoms with van der Waals surface area (Å²) >= 11 is 0. The van der Waals surface area contributed by atoms with Gasteiger partial charge in [-0.25, -0.2) is 4.39 Å². The van der Waals surface area contributed by atoms with Crippen molar-refractivity contribution in [3.8, 4) is 6.07 Å². The Morgan fingerprint density at radius 3 is 2.84 bits per heavy atom. The number of carbonyl (C=O) groups is 1. The molecule has 0 aliphatic carbocycles. The zero-order valence-corrected chi connectivity index (χ0v) is 11.2. The van der Waals surface area contributed by atoms with E-state index < -0.39 is 5.91 Å². The van der Waals surface area contributed by atoms with Crippen molar-refractivity contribution in [1.82, 2.24) is 5.32 Å². The third-order valence-corrected chi connectivity index (χ3v) is 2.67. The van der Waals surface area contributed by atoms with Crippen molar-refractivity contribution in [2.75, 3.05) is 6.54 Å². The Kier molecular flexibility index (Phi) is 5.74. The number of nitrogens with zero attached hydrogens (tertiary/aromatic N) is 1. The number of carbonyl (C=O) groups excluding carboxylic acids is 1. The van der Waals surface area contributed by atoms with Gasteiger partial charge in [-0.05, 0) is 42.7 Å². The van der Waals surface area contributed by atoms with E-state index in [1.54, 1.807) is 19.1 Å². The van der Waals surface area contributed by atoms with Crippen LogP contribution in [0.2, 0.25) is 0 Å². The zero-order chi connectivity index (χ0) is 14.3. The molecule has 0 bridgehead atoms. The van der Waals surface area contributed by atoms with Crippen LogP contribution in [-0.4, -0.2) is 12.5 Å². The van der Waals surface area contributed by atoms with E-state index in [0.717, 1.165) is 12.8 Å². The van der Waals surface area contributed by atoms with Gasteiger partial charge in [0.1, 0.15) is 17.5 Å². The van der Waals surface area contributed by atoms with Crippen LogP contribution in [0.5, 0.6) is 0 Å². The van der Waals surface area contributed by atoms with Gasteiger partial charge in [-0.3, -0.25) is 4.79 Å². The maximum absolute atomic E-state index is 13.1. The van der Waals surface area contributed by atoms with Gasteiger partial charge in [0, 0.05) is 6.54 Å². The van der Waals surface area contributed by atoms with Crippen LogP contribution in [-0.2, 0) is 4.79 Å². The first-order chi connectivity index (χ1) is 9.08. The topological polar surface area (TPSA) is 52.9 Å². The molecule has 0 saturated heterocycles. The van der Waals surface area contributed by atoms with Crippen molar-refractivity contribution in [2.45, 2.75) is 26.7 Å². The highest BCUT2D eigenvalue weighted by Gasteiger charge is 2.08. The molecule has 0 atom stereocenters. The minimum absolute atomic E-state index is 0.0297. The number of unbranched alkanes of at least 4 members (excludes halogenated alkanes) is 1. The van der Waals surface area contributed by atoms with E-state index in [0.29, 0.717) is 17.7 Å². The summed E-state index contributed by atoms with van der Waals surface area (Å²) in [6.07, 6.45) is 3.32. The van der Waals surface area contributed by atoms with Gasteiger partial charge in [-0.15, -0.1) is 0 Å². The standard InChI is InChI=1S/C15H17FN2O/c1-3-4-7-18-15(19)13(10-17)9-12-5-6-14(16)11(2)8-12/h5-6,8-9H,3-4,7H2,1-2H3,(H,18,19). The number of benzene rings is 1. The Bertz CT molecular complexity index is 529. The van der Waals surface area contributed by atoms with Gasteiger partial charge in [0.15, 0.2) is 0 Å². The molecule has 0 aliphatic rings. The fraction of sp³-hybridized carbons (Fsp3) is 0.333. The number of nitriles is 1. The maximum atomic E-state index is 13.1. The number of aryl methyl sites for hydroxylation is 1. The molecule has 0 radical (unpaired) electrons. The van der Waals surface area contributed by atoms with Gasteiger partial charge in [0.25, 0.3) is 5.91 Å². The molecule has 0 heterocycles. The SMILES string of the molecule is CCCCNC(=O)C(C#N)=Cc1ccc(F)c(C)c1. The first-order valence-electron chi connectivity index (χ1n) is 6.24. The second kappa shape index (κ2) is 7.32. The van der Waals surface area contributed by atoms with Gasteiger partial charge in [0.05, 0.1) is 0 Å². The summed E-state index contributed by atoms with van der Waals surface area (Å²) in [4.78, 5) is 11.7. The number of halogens is 1. The largest absolute Gasteiger partial charge is 0.351 e. The van der Waals surface area contributed by atoms with Gasteiger partial charge < -0.3 is 5.32 Å². The zero-order valence-electron chi connectivity index (χ0n) is 11.2. The molecule has 0 aliphatic heterocycles. The van der Waals surface area contributed by atoms with Gasteiger partial charge in [-0.1, -0.05) is 19.4 Å². The number of rotatable bonds is 5. The summed E-state index contributed by atoms with van der Waals surface area (Å²) in [7, 11) is 0. The maximum Gasteiger partial charge on any atom is 0.261 e. The van der Waals surface area contributed by atoms with Crippen molar-refractivity contribution < 1.29 is 9.18 Å². The first kappa shape index (κ1) is 14.9. The van der Waals surface area contributed by atoms with E-state index >= 15 is 0 Å². The van der Waals surface area contributed by atoms with E-state index in [1.807, 2.05) is 13.0 Å². The molecule has 19 heavy (non-hydrogen) atoms. The summed E-state index contributed by atoms with van der Waals surface area (Å²) in [6.45, 7) is 4.21. The third kappa shape index (κ3) is 4.55. The smallest absolute Gasteiger partial charge is 0.261 e. The van der Waals surface area contributed by atoms with E-state index in [-0.39, 0.29) is 11.4 Å². The Hall–Kier alpha value is -2.15. The van der Waals surface area contributed by atoms with Crippen LogP contribution in [0.25, 0.3) is 6.08 Å². The van der Waals surface area contributed by atoms with Gasteiger partial charge in [0.2, 0.25) is 0 Å². The van der Waals surface area contributed by atoms with Crippen molar-refractivity contribution in [2.24, 2.45) is 0 Å². The molecule has 1 rings (SSSR count). The normalized spacial score (nSPS) is 10.9. The lowest BCUT2D eigenvalue weighted by atomic mass is 10.1. The van der Waals surface area contributed by atoms with Crippen LogP contribution in [0.1, 0.15) is 30.9 Å². The monoisotopic (exact) mass is 260 g/mol. The molecule has 0 fully saturated rings. The highest BCUT2D eigenvalue weighted by Crippen LogP contribution is 2.12. The Morgan fingerprint density at radius 1 is 1.53 bits per heavy atom. The molecule has 1 N–H and O–H groups in total. The first-order valence-corrected chi connectivity index (χ1v) is 6.24. The molecule has 0 spiro atoms. The molecule has 4 heteroatoms. The number of hydrogen-bond donors (Lipinski definition) is 1. The minimum Gasteiger partial charge on any atom is -0.351 e. The summed E-state index contributed by atoms with van der Waals surface area (Å²) in [5.41, 5.74) is 1.15. The predicted molar refractivity (Wildman–Crippen MR) is 72.6 cm³/mol. The van der Waals surface area contributed by atoms with E-state index in [4.69, 9.17) is 5.26 Å². The van der Waals surface area contributed by atoms with Crippen LogP contribution in [0.15, 0.2) is 23.8 Å². The molecule has 3 nitrogen and oxygen atoms in total. The molecule has 100 valence electrons. The lowest BCUT2D eigenvalue weighted by molar-refractivity contribution is -0.117. The second-order valence-corrected chi connectivity index (χ2v) is 4.29. The fourth-order valence-corrected chi connectivity index (χ4v) is 1.55. The molecule has 0 saturated carbocycles. The Labute approximate surface area is 112 Å².